The molecule has 0 radical (unpaired) electrons. The van der Waals surface area contributed by atoms with Crippen LogP contribution < -0.4 is 11.1 Å². The molecule has 0 aromatic carbocycles. The normalized spacial score (nSPS) is 48.3. The summed E-state index contributed by atoms with van der Waals surface area (Å²) in [6, 6.07) is 0.780. The van der Waals surface area contributed by atoms with Gasteiger partial charge in [0.2, 0.25) is 0 Å². The van der Waals surface area contributed by atoms with Crippen LogP contribution >= 0.6 is 0 Å². The molecule has 2 unspecified atom stereocenters. The highest BCUT2D eigenvalue weighted by atomic mass is 15.0. The molecule has 0 aromatic heterocycles. The third-order valence-electron chi connectivity index (χ3n) is 3.09. The van der Waals surface area contributed by atoms with E-state index in [9.17, 15) is 0 Å². The van der Waals surface area contributed by atoms with E-state index < -0.39 is 0 Å². The number of rotatable bonds is 1. The summed E-state index contributed by atoms with van der Waals surface area (Å²) in [4.78, 5) is 0. The maximum Gasteiger partial charge on any atom is 0.0136 e. The van der Waals surface area contributed by atoms with Crippen LogP contribution in [0.25, 0.3) is 0 Å². The monoisotopic (exact) mass is 126 g/mol. The molecule has 2 rings (SSSR count). The van der Waals surface area contributed by atoms with E-state index in [0.29, 0.717) is 5.41 Å². The molecule has 0 bridgehead atoms. The van der Waals surface area contributed by atoms with E-state index >= 15 is 0 Å². The fourth-order valence-corrected chi connectivity index (χ4v) is 2.16. The van der Waals surface area contributed by atoms with Gasteiger partial charge in [-0.1, -0.05) is 0 Å². The highest BCUT2D eigenvalue weighted by molar-refractivity contribution is 5.05. The summed E-state index contributed by atoms with van der Waals surface area (Å²) in [6.45, 7) is 2.09. The molecule has 3 N–H and O–H groups in total. The molecule has 0 aromatic rings. The van der Waals surface area contributed by atoms with Crippen LogP contribution in [0.1, 0.15) is 19.3 Å². The van der Waals surface area contributed by atoms with E-state index in [2.05, 4.69) is 5.32 Å². The van der Waals surface area contributed by atoms with Crippen LogP contribution in [0, 0.1) is 5.41 Å². The van der Waals surface area contributed by atoms with Gasteiger partial charge in [-0.15, -0.1) is 0 Å². The summed E-state index contributed by atoms with van der Waals surface area (Å²) in [7, 11) is 0. The van der Waals surface area contributed by atoms with Crippen LogP contribution in [0.3, 0.4) is 0 Å². The summed E-state index contributed by atoms with van der Waals surface area (Å²) < 4.78 is 0. The van der Waals surface area contributed by atoms with Crippen molar-refractivity contribution in [2.24, 2.45) is 11.1 Å². The molecule has 2 heteroatoms. The molecule has 1 saturated heterocycles. The molecule has 2 fully saturated rings. The first-order chi connectivity index (χ1) is 4.37. The van der Waals surface area contributed by atoms with Gasteiger partial charge in [0.25, 0.3) is 0 Å². The molecular weight excluding hydrogens is 112 g/mol. The van der Waals surface area contributed by atoms with Gasteiger partial charge in [0.05, 0.1) is 0 Å². The lowest BCUT2D eigenvalue weighted by molar-refractivity contribution is 0.124. The van der Waals surface area contributed by atoms with Crippen LogP contribution in [0.2, 0.25) is 0 Å². The van der Waals surface area contributed by atoms with Gasteiger partial charge in [0, 0.05) is 6.04 Å². The average molecular weight is 126 g/mol. The summed E-state index contributed by atoms with van der Waals surface area (Å²) in [5.41, 5.74) is 6.21. The molecule has 1 aliphatic heterocycles. The molecule has 2 aliphatic rings. The quantitative estimate of drug-likeness (QED) is 0.522. The summed E-state index contributed by atoms with van der Waals surface area (Å²) in [5, 5.41) is 3.47. The van der Waals surface area contributed by atoms with Crippen LogP contribution in [0.4, 0.5) is 0 Å². The molecule has 9 heavy (non-hydrogen) atoms. The van der Waals surface area contributed by atoms with Crippen molar-refractivity contribution in [1.82, 2.24) is 5.32 Å². The first-order valence-electron chi connectivity index (χ1n) is 3.81. The molecule has 2 nitrogen and oxygen atoms in total. The second-order valence-corrected chi connectivity index (χ2v) is 3.36. The van der Waals surface area contributed by atoms with Crippen LogP contribution in [-0.2, 0) is 0 Å². The second-order valence-electron chi connectivity index (χ2n) is 3.36. The highest BCUT2D eigenvalue weighted by Crippen LogP contribution is 2.46. The Morgan fingerprint density at radius 3 is 2.78 bits per heavy atom. The minimum Gasteiger partial charge on any atom is -0.330 e. The minimum absolute atomic E-state index is 0.542. The van der Waals surface area contributed by atoms with Crippen LogP contribution in [0.15, 0.2) is 0 Å². The maximum atomic E-state index is 5.67. The van der Waals surface area contributed by atoms with Crippen LogP contribution in [0.5, 0.6) is 0 Å². The van der Waals surface area contributed by atoms with E-state index in [0.717, 1.165) is 12.6 Å². The number of fused-ring (bicyclic) bond motifs is 1. The van der Waals surface area contributed by atoms with E-state index in [1.54, 1.807) is 0 Å². The average Bonchev–Trinajstić information content (AvgIpc) is 2.10. The topological polar surface area (TPSA) is 38.0 Å². The van der Waals surface area contributed by atoms with Gasteiger partial charge in [0.1, 0.15) is 0 Å². The third-order valence-corrected chi connectivity index (χ3v) is 3.09. The van der Waals surface area contributed by atoms with Gasteiger partial charge in [-0.25, -0.2) is 0 Å². The van der Waals surface area contributed by atoms with Crippen molar-refractivity contribution in [3.05, 3.63) is 0 Å². The summed E-state index contributed by atoms with van der Waals surface area (Å²) in [5.74, 6) is 0. The van der Waals surface area contributed by atoms with Crippen molar-refractivity contribution in [3.8, 4) is 0 Å². The number of nitrogens with two attached hydrogens (primary N) is 1. The Kier molecular flexibility index (Phi) is 1.08. The largest absolute Gasteiger partial charge is 0.330 e. The lowest BCUT2D eigenvalue weighted by atomic mass is 9.65. The zero-order valence-corrected chi connectivity index (χ0v) is 5.69. The highest BCUT2D eigenvalue weighted by Gasteiger charge is 2.48. The number of hydrogen-bond donors (Lipinski definition) is 2. The predicted molar refractivity (Wildman–Crippen MR) is 37.1 cm³/mol. The number of hydrogen-bond acceptors (Lipinski definition) is 2. The van der Waals surface area contributed by atoms with Crippen molar-refractivity contribution < 1.29 is 0 Å². The smallest absolute Gasteiger partial charge is 0.0136 e. The van der Waals surface area contributed by atoms with Gasteiger partial charge in [-0.3, -0.25) is 0 Å². The Labute approximate surface area is 55.8 Å². The Morgan fingerprint density at radius 1 is 1.56 bits per heavy atom. The fraction of sp³-hybridized carbons (Fsp3) is 1.00. The molecule has 0 spiro atoms. The van der Waals surface area contributed by atoms with Crippen molar-refractivity contribution in [3.63, 3.8) is 0 Å². The minimum atomic E-state index is 0.542. The molecule has 0 amide bonds. The Balaban J connectivity index is 2.10. The Morgan fingerprint density at radius 2 is 2.44 bits per heavy atom. The number of nitrogens with one attached hydrogen (secondary N) is 1. The predicted octanol–water partition coefficient (Wildman–Crippen LogP) is 0.0872. The zero-order valence-electron chi connectivity index (χ0n) is 5.69. The lowest BCUT2D eigenvalue weighted by Gasteiger charge is -2.43. The maximum absolute atomic E-state index is 5.67. The fourth-order valence-electron chi connectivity index (χ4n) is 2.16. The Bertz CT molecular complexity index is 120. The van der Waals surface area contributed by atoms with Crippen molar-refractivity contribution in [2.75, 3.05) is 13.1 Å². The van der Waals surface area contributed by atoms with E-state index in [1.165, 1.54) is 25.8 Å². The zero-order chi connectivity index (χ0) is 6.32. The standard InChI is InChI=1S/C7H14N2/c8-5-7-2-1-6(7)9-4-3-7/h6,9H,1-5,8H2. The summed E-state index contributed by atoms with van der Waals surface area (Å²) in [6.07, 6.45) is 4.03. The molecule has 1 heterocycles. The van der Waals surface area contributed by atoms with Gasteiger partial charge < -0.3 is 11.1 Å². The van der Waals surface area contributed by atoms with Gasteiger partial charge in [-0.05, 0) is 37.8 Å². The molecule has 52 valence electrons. The molecular formula is C7H14N2. The Hall–Kier alpha value is -0.0800. The van der Waals surface area contributed by atoms with Crippen molar-refractivity contribution in [2.45, 2.75) is 25.3 Å². The van der Waals surface area contributed by atoms with E-state index in [4.69, 9.17) is 5.73 Å². The first-order valence-corrected chi connectivity index (χ1v) is 3.81. The van der Waals surface area contributed by atoms with Gasteiger partial charge >= 0.3 is 0 Å². The first kappa shape index (κ1) is 5.69. The molecule has 1 aliphatic carbocycles. The third kappa shape index (κ3) is 0.578. The summed E-state index contributed by atoms with van der Waals surface area (Å²) >= 11 is 0. The second kappa shape index (κ2) is 1.70. The van der Waals surface area contributed by atoms with E-state index in [1.807, 2.05) is 0 Å². The van der Waals surface area contributed by atoms with Crippen molar-refractivity contribution >= 4 is 0 Å². The lowest BCUT2D eigenvalue weighted by Crippen LogP contribution is -2.50. The van der Waals surface area contributed by atoms with Gasteiger partial charge in [0.15, 0.2) is 0 Å². The SMILES string of the molecule is NCC12CCNC1CC2. The molecule has 1 saturated carbocycles. The van der Waals surface area contributed by atoms with Crippen molar-refractivity contribution in [1.29, 1.82) is 0 Å². The van der Waals surface area contributed by atoms with Crippen LogP contribution in [-0.4, -0.2) is 19.1 Å². The van der Waals surface area contributed by atoms with Gasteiger partial charge in [-0.2, -0.15) is 0 Å². The molecule has 2 atom stereocenters. The van der Waals surface area contributed by atoms with E-state index in [-0.39, 0.29) is 0 Å².